The summed E-state index contributed by atoms with van der Waals surface area (Å²) in [5.74, 6) is -0.0420. The van der Waals surface area contributed by atoms with Gasteiger partial charge in [-0.3, -0.25) is 4.79 Å². The van der Waals surface area contributed by atoms with Gasteiger partial charge >= 0.3 is 0 Å². The third kappa shape index (κ3) is 2.69. The van der Waals surface area contributed by atoms with Crippen molar-refractivity contribution in [3.05, 3.63) is 75.7 Å². The lowest BCUT2D eigenvalue weighted by Crippen LogP contribution is -2.15. The Morgan fingerprint density at radius 3 is 2.57 bits per heavy atom. The Hall–Kier alpha value is -2.13. The summed E-state index contributed by atoms with van der Waals surface area (Å²) < 4.78 is 0. The second kappa shape index (κ2) is 5.70. The van der Waals surface area contributed by atoms with Crippen LogP contribution in [0.3, 0.4) is 0 Å². The molecule has 0 fully saturated rings. The maximum absolute atomic E-state index is 11.9. The first-order valence-corrected chi connectivity index (χ1v) is 7.78. The number of hydrogen-bond acceptors (Lipinski definition) is 3. The van der Waals surface area contributed by atoms with Crippen molar-refractivity contribution in [2.75, 3.05) is 0 Å². The number of allylic oxidation sites excluding steroid dienone is 3. The van der Waals surface area contributed by atoms with E-state index in [1.165, 1.54) is 6.92 Å². The Kier molecular flexibility index (Phi) is 3.76. The van der Waals surface area contributed by atoms with Gasteiger partial charge in [-0.05, 0) is 42.0 Å². The van der Waals surface area contributed by atoms with Crippen LogP contribution < -0.4 is 0 Å². The van der Waals surface area contributed by atoms with E-state index in [4.69, 9.17) is 0 Å². The van der Waals surface area contributed by atoms with Gasteiger partial charge in [0.2, 0.25) is 0 Å². The number of aliphatic hydroxyl groups is 1. The van der Waals surface area contributed by atoms with Crippen LogP contribution in [0.5, 0.6) is 0 Å². The quantitative estimate of drug-likeness (QED) is 0.889. The van der Waals surface area contributed by atoms with Crippen molar-refractivity contribution in [3.63, 3.8) is 0 Å². The predicted octanol–water partition coefficient (Wildman–Crippen LogP) is 4.72. The molecule has 1 N–H and O–H groups in total. The lowest BCUT2D eigenvalue weighted by Gasteiger charge is -2.25. The van der Waals surface area contributed by atoms with Crippen LogP contribution in [0.4, 0.5) is 0 Å². The highest BCUT2D eigenvalue weighted by Crippen LogP contribution is 2.41. The fourth-order valence-corrected chi connectivity index (χ4v) is 3.59. The van der Waals surface area contributed by atoms with Gasteiger partial charge in [0.25, 0.3) is 0 Å². The molecule has 0 spiro atoms. The SMILES string of the molecule is CC(=O)C1=C(O)C=C(c2cccs2)C[C@@H]1c1ccccc1. The van der Waals surface area contributed by atoms with E-state index in [9.17, 15) is 9.90 Å². The molecule has 106 valence electrons. The van der Waals surface area contributed by atoms with E-state index < -0.39 is 0 Å². The van der Waals surface area contributed by atoms with Crippen LogP contribution in [-0.4, -0.2) is 10.9 Å². The van der Waals surface area contributed by atoms with Crippen molar-refractivity contribution >= 4 is 22.7 Å². The first-order valence-electron chi connectivity index (χ1n) is 6.90. The molecule has 0 saturated carbocycles. The zero-order valence-corrected chi connectivity index (χ0v) is 12.6. The van der Waals surface area contributed by atoms with Crippen molar-refractivity contribution in [3.8, 4) is 0 Å². The van der Waals surface area contributed by atoms with Gasteiger partial charge < -0.3 is 5.11 Å². The van der Waals surface area contributed by atoms with Crippen LogP contribution >= 0.6 is 11.3 Å². The standard InChI is InChI=1S/C18H16O2S/c1-12(19)18-15(13-6-3-2-4-7-13)10-14(11-16(18)20)17-8-5-9-21-17/h2-9,11,15,20H,10H2,1H3/t15-/m1/s1. The van der Waals surface area contributed by atoms with Crippen LogP contribution in [0.2, 0.25) is 0 Å². The van der Waals surface area contributed by atoms with Crippen molar-refractivity contribution in [1.29, 1.82) is 0 Å². The van der Waals surface area contributed by atoms with Gasteiger partial charge in [-0.1, -0.05) is 36.4 Å². The van der Waals surface area contributed by atoms with Crippen LogP contribution in [0, 0.1) is 0 Å². The van der Waals surface area contributed by atoms with E-state index in [1.807, 2.05) is 47.8 Å². The van der Waals surface area contributed by atoms with Crippen molar-refractivity contribution in [2.24, 2.45) is 0 Å². The summed E-state index contributed by atoms with van der Waals surface area (Å²) in [4.78, 5) is 13.1. The summed E-state index contributed by atoms with van der Waals surface area (Å²) in [6, 6.07) is 14.0. The maximum atomic E-state index is 11.9. The summed E-state index contributed by atoms with van der Waals surface area (Å²) in [6.45, 7) is 1.52. The van der Waals surface area contributed by atoms with E-state index in [2.05, 4.69) is 0 Å². The normalized spacial score (nSPS) is 18.5. The molecule has 0 saturated heterocycles. The minimum Gasteiger partial charge on any atom is -0.508 e. The van der Waals surface area contributed by atoms with E-state index in [-0.39, 0.29) is 17.5 Å². The van der Waals surface area contributed by atoms with Gasteiger partial charge in [-0.25, -0.2) is 0 Å². The van der Waals surface area contributed by atoms with E-state index in [0.29, 0.717) is 5.57 Å². The van der Waals surface area contributed by atoms with Crippen molar-refractivity contribution in [1.82, 2.24) is 0 Å². The third-order valence-electron chi connectivity index (χ3n) is 3.78. The lowest BCUT2D eigenvalue weighted by atomic mass is 9.79. The third-order valence-corrected chi connectivity index (χ3v) is 4.72. The van der Waals surface area contributed by atoms with E-state index >= 15 is 0 Å². The summed E-state index contributed by atoms with van der Waals surface area (Å²) >= 11 is 1.65. The maximum Gasteiger partial charge on any atom is 0.160 e. The van der Waals surface area contributed by atoms with Crippen LogP contribution in [0.1, 0.15) is 29.7 Å². The molecule has 1 aliphatic carbocycles. The van der Waals surface area contributed by atoms with Gasteiger partial charge in [0.1, 0.15) is 5.76 Å². The number of benzene rings is 1. The summed E-state index contributed by atoms with van der Waals surface area (Å²) in [7, 11) is 0. The highest BCUT2D eigenvalue weighted by Gasteiger charge is 2.28. The minimum absolute atomic E-state index is 0.0668. The molecule has 1 aromatic heterocycles. The summed E-state index contributed by atoms with van der Waals surface area (Å²) in [5.41, 5.74) is 2.67. The zero-order chi connectivity index (χ0) is 14.8. The number of hydrogen-bond donors (Lipinski definition) is 1. The van der Waals surface area contributed by atoms with Gasteiger partial charge in [-0.2, -0.15) is 0 Å². The average molecular weight is 296 g/mol. The molecule has 0 amide bonds. The monoisotopic (exact) mass is 296 g/mol. The number of carbonyl (C=O) groups is 1. The van der Waals surface area contributed by atoms with Gasteiger partial charge in [-0.15, -0.1) is 11.3 Å². The molecule has 1 heterocycles. The lowest BCUT2D eigenvalue weighted by molar-refractivity contribution is -0.114. The second-order valence-electron chi connectivity index (χ2n) is 5.17. The Bertz CT molecular complexity index is 709. The smallest absolute Gasteiger partial charge is 0.160 e. The number of aliphatic hydroxyl groups excluding tert-OH is 1. The van der Waals surface area contributed by atoms with E-state index in [0.717, 1.165) is 22.4 Å². The fourth-order valence-electron chi connectivity index (χ4n) is 2.83. The highest BCUT2D eigenvalue weighted by molar-refractivity contribution is 7.11. The number of carbonyl (C=O) groups excluding carboxylic acids is 1. The molecule has 1 aromatic carbocycles. The van der Waals surface area contributed by atoms with Crippen LogP contribution in [-0.2, 0) is 4.79 Å². The average Bonchev–Trinajstić information content (AvgIpc) is 3.01. The molecular weight excluding hydrogens is 280 g/mol. The number of Topliss-reactive ketones (excluding diaryl/α,β-unsaturated/α-hetero) is 1. The van der Waals surface area contributed by atoms with Crippen molar-refractivity contribution < 1.29 is 9.90 Å². The Balaban J connectivity index is 2.08. The Morgan fingerprint density at radius 1 is 1.19 bits per heavy atom. The zero-order valence-electron chi connectivity index (χ0n) is 11.7. The first-order chi connectivity index (χ1) is 10.2. The molecule has 2 aromatic rings. The summed E-state index contributed by atoms with van der Waals surface area (Å²) in [5, 5.41) is 12.4. The summed E-state index contributed by atoms with van der Waals surface area (Å²) in [6.07, 6.45) is 2.48. The topological polar surface area (TPSA) is 37.3 Å². The Labute approximate surface area is 128 Å². The van der Waals surface area contributed by atoms with E-state index in [1.54, 1.807) is 17.4 Å². The minimum atomic E-state index is -0.0780. The molecule has 0 unspecified atom stereocenters. The molecule has 21 heavy (non-hydrogen) atoms. The second-order valence-corrected chi connectivity index (χ2v) is 6.12. The Morgan fingerprint density at radius 2 is 1.95 bits per heavy atom. The molecule has 3 heteroatoms. The first kappa shape index (κ1) is 13.8. The van der Waals surface area contributed by atoms with Gasteiger partial charge in [0, 0.05) is 16.4 Å². The molecule has 0 aliphatic heterocycles. The fraction of sp³-hybridized carbons (Fsp3) is 0.167. The number of ketones is 1. The number of thiophene rings is 1. The molecule has 0 bridgehead atoms. The number of rotatable bonds is 3. The molecule has 0 radical (unpaired) electrons. The van der Waals surface area contributed by atoms with Crippen molar-refractivity contribution in [2.45, 2.75) is 19.3 Å². The molecule has 2 nitrogen and oxygen atoms in total. The molecule has 3 rings (SSSR count). The van der Waals surface area contributed by atoms with Crippen LogP contribution in [0.25, 0.3) is 5.57 Å². The largest absolute Gasteiger partial charge is 0.508 e. The predicted molar refractivity (Wildman–Crippen MR) is 86.4 cm³/mol. The molecule has 1 atom stereocenters. The molecule has 1 aliphatic rings. The highest BCUT2D eigenvalue weighted by atomic mass is 32.1. The van der Waals surface area contributed by atoms with Gasteiger partial charge in [0.05, 0.1) is 0 Å². The van der Waals surface area contributed by atoms with Gasteiger partial charge in [0.15, 0.2) is 5.78 Å². The molecular formula is C18H16O2S. The van der Waals surface area contributed by atoms with Crippen LogP contribution in [0.15, 0.2) is 65.3 Å².